The zero-order valence-corrected chi connectivity index (χ0v) is 8.85. The van der Waals surface area contributed by atoms with Gasteiger partial charge in [0.25, 0.3) is 0 Å². The van der Waals surface area contributed by atoms with Crippen LogP contribution in [0.2, 0.25) is 0 Å². The van der Waals surface area contributed by atoms with E-state index in [-0.39, 0.29) is 6.54 Å². The van der Waals surface area contributed by atoms with Crippen molar-refractivity contribution in [2.45, 2.75) is 31.9 Å². The van der Waals surface area contributed by atoms with E-state index < -0.39 is 17.9 Å². The minimum atomic E-state index is -0.575. The fraction of sp³-hybridized carbons (Fsp3) is 0.800. The Morgan fingerprint density at radius 2 is 2.00 bits per heavy atom. The number of aliphatic hydroxyl groups is 1. The molecule has 0 spiro atoms. The molecule has 5 heteroatoms. The Morgan fingerprint density at radius 1 is 1.33 bits per heavy atom. The van der Waals surface area contributed by atoms with E-state index in [9.17, 15) is 14.7 Å². The molecule has 1 saturated carbocycles. The highest BCUT2D eigenvalue weighted by atomic mass is 16.3. The van der Waals surface area contributed by atoms with Gasteiger partial charge in [-0.2, -0.15) is 0 Å². The lowest BCUT2D eigenvalue weighted by atomic mass is 10.2. The van der Waals surface area contributed by atoms with Gasteiger partial charge in [0.2, 0.25) is 0 Å². The number of nitrogens with zero attached hydrogens (tertiary/aromatic N) is 2. The summed E-state index contributed by atoms with van der Waals surface area (Å²) in [6, 6.07) is 0.301. The first kappa shape index (κ1) is 10.4. The highest BCUT2D eigenvalue weighted by Gasteiger charge is 2.40. The van der Waals surface area contributed by atoms with Gasteiger partial charge in [0.05, 0.1) is 6.10 Å². The summed E-state index contributed by atoms with van der Waals surface area (Å²) < 4.78 is 0. The predicted molar refractivity (Wildman–Crippen MR) is 53.0 cm³/mol. The second kappa shape index (κ2) is 3.81. The Bertz CT molecular complexity index is 286. The van der Waals surface area contributed by atoms with Gasteiger partial charge < -0.3 is 14.9 Å². The third-order valence-electron chi connectivity index (χ3n) is 2.81. The monoisotopic (exact) mass is 212 g/mol. The van der Waals surface area contributed by atoms with Crippen molar-refractivity contribution >= 4 is 11.8 Å². The average molecular weight is 212 g/mol. The number of hydrogen-bond donors (Lipinski definition) is 1. The topological polar surface area (TPSA) is 60.9 Å². The molecule has 2 aliphatic rings. The van der Waals surface area contributed by atoms with E-state index in [2.05, 4.69) is 0 Å². The first-order valence-electron chi connectivity index (χ1n) is 5.37. The highest BCUT2D eigenvalue weighted by Crippen LogP contribution is 2.28. The van der Waals surface area contributed by atoms with Crippen molar-refractivity contribution < 1.29 is 14.7 Å². The van der Waals surface area contributed by atoms with Gasteiger partial charge in [-0.05, 0) is 19.8 Å². The molecule has 84 valence electrons. The maximum absolute atomic E-state index is 11.7. The lowest BCUT2D eigenvalue weighted by Gasteiger charge is -2.34. The highest BCUT2D eigenvalue weighted by molar-refractivity contribution is 6.35. The molecular formula is C10H16N2O3. The molecule has 1 heterocycles. The van der Waals surface area contributed by atoms with Crippen LogP contribution in [-0.4, -0.2) is 58.5 Å². The average Bonchev–Trinajstić information content (AvgIpc) is 2.96. The van der Waals surface area contributed by atoms with Gasteiger partial charge >= 0.3 is 11.8 Å². The molecule has 1 aliphatic heterocycles. The molecule has 1 saturated heterocycles. The molecule has 0 aromatic carbocycles. The molecule has 2 amide bonds. The fourth-order valence-electron chi connectivity index (χ4n) is 1.92. The quantitative estimate of drug-likeness (QED) is 0.623. The van der Waals surface area contributed by atoms with Gasteiger partial charge in [0.15, 0.2) is 0 Å². The van der Waals surface area contributed by atoms with Crippen molar-refractivity contribution in [2.75, 3.05) is 19.6 Å². The standard InChI is InChI=1S/C10H16N2O3/c1-7(13)6-11-4-5-12(8-2-3-8)10(15)9(11)14/h7-8,13H,2-6H2,1H3. The van der Waals surface area contributed by atoms with Crippen molar-refractivity contribution in [1.82, 2.24) is 9.80 Å². The Kier molecular flexibility index (Phi) is 2.65. The molecular weight excluding hydrogens is 196 g/mol. The third-order valence-corrected chi connectivity index (χ3v) is 2.81. The Balaban J connectivity index is 1.97. The van der Waals surface area contributed by atoms with E-state index in [1.165, 1.54) is 4.90 Å². The largest absolute Gasteiger partial charge is 0.392 e. The van der Waals surface area contributed by atoms with Crippen LogP contribution in [0, 0.1) is 0 Å². The molecule has 1 aliphatic carbocycles. The first-order chi connectivity index (χ1) is 7.09. The third kappa shape index (κ3) is 2.12. The number of amides is 2. The smallest absolute Gasteiger partial charge is 0.312 e. The van der Waals surface area contributed by atoms with E-state index >= 15 is 0 Å². The van der Waals surface area contributed by atoms with Crippen LogP contribution in [0.25, 0.3) is 0 Å². The molecule has 1 atom stereocenters. The maximum Gasteiger partial charge on any atom is 0.312 e. The molecule has 0 radical (unpaired) electrons. The summed E-state index contributed by atoms with van der Waals surface area (Å²) >= 11 is 0. The molecule has 1 unspecified atom stereocenters. The molecule has 1 N–H and O–H groups in total. The van der Waals surface area contributed by atoms with Gasteiger partial charge in [0, 0.05) is 25.7 Å². The SMILES string of the molecule is CC(O)CN1CCN(C2CC2)C(=O)C1=O. The number of piperazine rings is 1. The summed E-state index contributed by atoms with van der Waals surface area (Å²) in [6.07, 6.45) is 1.47. The lowest BCUT2D eigenvalue weighted by Crippen LogP contribution is -2.56. The van der Waals surface area contributed by atoms with Crippen LogP contribution in [0.4, 0.5) is 0 Å². The lowest BCUT2D eigenvalue weighted by molar-refractivity contribution is -0.157. The van der Waals surface area contributed by atoms with Crippen LogP contribution < -0.4 is 0 Å². The van der Waals surface area contributed by atoms with E-state index in [4.69, 9.17) is 0 Å². The molecule has 0 aromatic rings. The zero-order chi connectivity index (χ0) is 11.0. The van der Waals surface area contributed by atoms with E-state index in [1.54, 1.807) is 11.8 Å². The molecule has 2 rings (SSSR count). The number of rotatable bonds is 3. The van der Waals surface area contributed by atoms with Crippen molar-refractivity contribution in [1.29, 1.82) is 0 Å². The maximum atomic E-state index is 11.7. The number of carbonyl (C=O) groups is 2. The van der Waals surface area contributed by atoms with Crippen molar-refractivity contribution in [3.63, 3.8) is 0 Å². The predicted octanol–water partition coefficient (Wildman–Crippen LogP) is -0.800. The molecule has 15 heavy (non-hydrogen) atoms. The van der Waals surface area contributed by atoms with E-state index in [1.807, 2.05) is 0 Å². The number of β-amino-alcohol motifs (C(OH)–C–C–N with tert-alkyl or cyclic N) is 1. The first-order valence-corrected chi connectivity index (χ1v) is 5.37. The molecule has 2 fully saturated rings. The van der Waals surface area contributed by atoms with Crippen LogP contribution in [0.15, 0.2) is 0 Å². The van der Waals surface area contributed by atoms with Crippen molar-refractivity contribution in [3.05, 3.63) is 0 Å². The molecule has 0 bridgehead atoms. The Morgan fingerprint density at radius 3 is 2.53 bits per heavy atom. The van der Waals surface area contributed by atoms with Crippen molar-refractivity contribution in [2.24, 2.45) is 0 Å². The van der Waals surface area contributed by atoms with Gasteiger partial charge in [-0.15, -0.1) is 0 Å². The van der Waals surface area contributed by atoms with Gasteiger partial charge in [-0.3, -0.25) is 9.59 Å². The van der Waals surface area contributed by atoms with Gasteiger partial charge in [0.1, 0.15) is 0 Å². The fourth-order valence-corrected chi connectivity index (χ4v) is 1.92. The number of hydrogen-bond acceptors (Lipinski definition) is 3. The summed E-state index contributed by atoms with van der Waals surface area (Å²) in [4.78, 5) is 26.4. The van der Waals surface area contributed by atoms with Gasteiger partial charge in [-0.25, -0.2) is 0 Å². The normalized spacial score (nSPS) is 24.7. The van der Waals surface area contributed by atoms with Crippen LogP contribution in [0.3, 0.4) is 0 Å². The van der Waals surface area contributed by atoms with E-state index in [0.717, 1.165) is 12.8 Å². The second-order valence-corrected chi connectivity index (χ2v) is 4.33. The summed E-state index contributed by atoms with van der Waals surface area (Å²) in [5, 5.41) is 9.18. The Hall–Kier alpha value is -1.10. The summed E-state index contributed by atoms with van der Waals surface area (Å²) in [6.45, 7) is 3.03. The number of carbonyl (C=O) groups excluding carboxylic acids is 2. The van der Waals surface area contributed by atoms with Crippen LogP contribution in [0.1, 0.15) is 19.8 Å². The second-order valence-electron chi connectivity index (χ2n) is 4.33. The summed E-state index contributed by atoms with van der Waals surface area (Å²) in [5.74, 6) is -0.863. The minimum Gasteiger partial charge on any atom is -0.392 e. The Labute approximate surface area is 88.6 Å². The van der Waals surface area contributed by atoms with Crippen LogP contribution in [0.5, 0.6) is 0 Å². The van der Waals surface area contributed by atoms with Gasteiger partial charge in [-0.1, -0.05) is 0 Å². The molecule has 5 nitrogen and oxygen atoms in total. The molecule has 0 aromatic heterocycles. The minimum absolute atomic E-state index is 0.253. The zero-order valence-electron chi connectivity index (χ0n) is 8.85. The summed E-state index contributed by atoms with van der Waals surface area (Å²) in [7, 11) is 0. The summed E-state index contributed by atoms with van der Waals surface area (Å²) in [5.41, 5.74) is 0. The van der Waals surface area contributed by atoms with Crippen molar-refractivity contribution in [3.8, 4) is 0 Å². The van der Waals surface area contributed by atoms with E-state index in [0.29, 0.717) is 19.1 Å². The number of aliphatic hydroxyl groups excluding tert-OH is 1. The van der Waals surface area contributed by atoms with Crippen LogP contribution >= 0.6 is 0 Å². The van der Waals surface area contributed by atoms with Crippen LogP contribution in [-0.2, 0) is 9.59 Å².